The summed E-state index contributed by atoms with van der Waals surface area (Å²) < 4.78 is 17.0. The number of carbonyl (C=O) groups is 1. The summed E-state index contributed by atoms with van der Waals surface area (Å²) in [6.07, 6.45) is 3.11. The zero-order valence-corrected chi connectivity index (χ0v) is 23.1. The first-order valence-corrected chi connectivity index (χ1v) is 13.5. The summed E-state index contributed by atoms with van der Waals surface area (Å²) in [5, 5.41) is 13.3. The van der Waals surface area contributed by atoms with Crippen molar-refractivity contribution in [1.29, 1.82) is 0 Å². The number of hydrogen-bond donors (Lipinski definition) is 1. The molecule has 0 radical (unpaired) electrons. The van der Waals surface area contributed by atoms with Crippen LogP contribution in [0.5, 0.6) is 17.2 Å². The molecule has 4 aromatic carbocycles. The molecule has 0 atom stereocenters. The number of benzene rings is 4. The Morgan fingerprint density at radius 2 is 1.38 bits per heavy atom. The summed E-state index contributed by atoms with van der Waals surface area (Å²) in [5.74, 6) is 2.79. The molecule has 0 aliphatic heterocycles. The predicted octanol–water partition coefficient (Wildman–Crippen LogP) is 6.46. The summed E-state index contributed by atoms with van der Waals surface area (Å²) in [6.45, 7) is 0.770. The van der Waals surface area contributed by atoms with Gasteiger partial charge in [-0.2, -0.15) is 5.10 Å². The standard InChI is InChI=1S/C34H30N4O4/c1-40-33-10-6-5-9-28(33)21-29-22-32(27-7-3-2-4-8-27)36-38-34(29)37-35-23-25-11-15-30(16-12-25)41-19-20-42-31-17-13-26(24-39)14-18-31/h2-18,22-24H,19-21H2,1H3,(H,37,38)/b35-23+. The predicted molar refractivity (Wildman–Crippen MR) is 164 cm³/mol. The second kappa shape index (κ2) is 14.2. The van der Waals surface area contributed by atoms with Gasteiger partial charge in [-0.25, -0.2) is 0 Å². The lowest BCUT2D eigenvalue weighted by Crippen LogP contribution is -2.09. The van der Waals surface area contributed by atoms with Crippen LogP contribution in [-0.4, -0.2) is 43.0 Å². The number of anilines is 1. The van der Waals surface area contributed by atoms with E-state index < -0.39 is 0 Å². The minimum atomic E-state index is 0.384. The Hall–Kier alpha value is -5.50. The average molecular weight is 559 g/mol. The summed E-state index contributed by atoms with van der Waals surface area (Å²) in [6, 6.07) is 34.5. The third-order valence-corrected chi connectivity index (χ3v) is 6.42. The highest BCUT2D eigenvalue weighted by molar-refractivity contribution is 5.80. The van der Waals surface area contributed by atoms with Gasteiger partial charge in [-0.05, 0) is 71.8 Å². The van der Waals surface area contributed by atoms with E-state index >= 15 is 0 Å². The molecule has 0 saturated heterocycles. The van der Waals surface area contributed by atoms with Gasteiger partial charge in [-0.1, -0.05) is 48.5 Å². The molecule has 0 bridgehead atoms. The molecule has 0 saturated carbocycles. The molecule has 0 aliphatic rings. The van der Waals surface area contributed by atoms with Gasteiger partial charge in [0.15, 0.2) is 5.82 Å². The van der Waals surface area contributed by atoms with Gasteiger partial charge in [-0.15, -0.1) is 10.2 Å². The first-order valence-electron chi connectivity index (χ1n) is 13.5. The second-order valence-electron chi connectivity index (χ2n) is 9.28. The summed E-state index contributed by atoms with van der Waals surface area (Å²) in [7, 11) is 1.67. The van der Waals surface area contributed by atoms with Crippen molar-refractivity contribution in [2.24, 2.45) is 5.10 Å². The molecule has 0 aliphatic carbocycles. The maximum absolute atomic E-state index is 10.8. The van der Waals surface area contributed by atoms with E-state index in [1.807, 2.05) is 84.9 Å². The molecule has 8 nitrogen and oxygen atoms in total. The largest absolute Gasteiger partial charge is 0.496 e. The number of hydrazone groups is 1. The molecule has 0 fully saturated rings. The van der Waals surface area contributed by atoms with Gasteiger partial charge in [0.05, 0.1) is 19.0 Å². The third kappa shape index (κ3) is 7.57. The highest BCUT2D eigenvalue weighted by atomic mass is 16.5. The lowest BCUT2D eigenvalue weighted by Gasteiger charge is -2.12. The molecule has 0 spiro atoms. The number of nitrogens with zero attached hydrogens (tertiary/aromatic N) is 3. The molecule has 1 aromatic heterocycles. The van der Waals surface area contributed by atoms with Crippen LogP contribution >= 0.6 is 0 Å². The maximum Gasteiger partial charge on any atom is 0.172 e. The van der Waals surface area contributed by atoms with E-state index in [2.05, 4.69) is 20.7 Å². The van der Waals surface area contributed by atoms with Crippen LogP contribution in [0.2, 0.25) is 0 Å². The Balaban J connectivity index is 1.21. The fourth-order valence-electron chi connectivity index (χ4n) is 4.24. The van der Waals surface area contributed by atoms with E-state index in [0.717, 1.165) is 45.7 Å². The van der Waals surface area contributed by atoms with E-state index in [4.69, 9.17) is 14.2 Å². The first-order chi connectivity index (χ1) is 20.7. The van der Waals surface area contributed by atoms with Crippen molar-refractivity contribution >= 4 is 18.3 Å². The van der Waals surface area contributed by atoms with Crippen molar-refractivity contribution in [2.45, 2.75) is 6.42 Å². The van der Waals surface area contributed by atoms with E-state index in [1.54, 1.807) is 37.6 Å². The quantitative estimate of drug-likeness (QED) is 0.0767. The van der Waals surface area contributed by atoms with Crippen LogP contribution in [0.4, 0.5) is 5.82 Å². The second-order valence-corrected chi connectivity index (χ2v) is 9.28. The van der Waals surface area contributed by atoms with E-state index in [9.17, 15) is 4.79 Å². The number of aromatic nitrogens is 2. The lowest BCUT2D eigenvalue weighted by atomic mass is 10.0. The normalized spacial score (nSPS) is 10.8. The maximum atomic E-state index is 10.8. The van der Waals surface area contributed by atoms with Crippen molar-refractivity contribution < 1.29 is 19.0 Å². The molecule has 42 heavy (non-hydrogen) atoms. The van der Waals surface area contributed by atoms with Gasteiger partial charge in [0.2, 0.25) is 0 Å². The van der Waals surface area contributed by atoms with Gasteiger partial charge in [0, 0.05) is 23.1 Å². The Bertz CT molecular complexity index is 1620. The van der Waals surface area contributed by atoms with Gasteiger partial charge in [0.1, 0.15) is 36.7 Å². The van der Waals surface area contributed by atoms with Crippen LogP contribution in [0, 0.1) is 0 Å². The van der Waals surface area contributed by atoms with Crippen LogP contribution in [0.1, 0.15) is 27.0 Å². The molecule has 1 N–H and O–H groups in total. The SMILES string of the molecule is COc1ccccc1Cc1cc(-c2ccccc2)nnc1N/N=C/c1ccc(OCCOc2ccc(C=O)cc2)cc1. The van der Waals surface area contributed by atoms with Gasteiger partial charge >= 0.3 is 0 Å². The number of para-hydroxylation sites is 1. The number of nitrogens with one attached hydrogen (secondary N) is 1. The average Bonchev–Trinajstić information content (AvgIpc) is 3.05. The van der Waals surface area contributed by atoms with Crippen molar-refractivity contribution in [1.82, 2.24) is 10.2 Å². The molecule has 0 unspecified atom stereocenters. The van der Waals surface area contributed by atoms with E-state index in [-0.39, 0.29) is 0 Å². The molecule has 5 rings (SSSR count). The Kier molecular flexibility index (Phi) is 9.50. The molecule has 1 heterocycles. The van der Waals surface area contributed by atoms with Gasteiger partial charge in [-0.3, -0.25) is 10.2 Å². The van der Waals surface area contributed by atoms with Crippen molar-refractivity contribution in [3.63, 3.8) is 0 Å². The fourth-order valence-corrected chi connectivity index (χ4v) is 4.24. The fraction of sp³-hybridized carbons (Fsp3) is 0.118. The van der Waals surface area contributed by atoms with Crippen LogP contribution in [0.25, 0.3) is 11.3 Å². The highest BCUT2D eigenvalue weighted by Crippen LogP contribution is 2.27. The van der Waals surface area contributed by atoms with Crippen molar-refractivity contribution in [3.8, 4) is 28.5 Å². The first kappa shape index (κ1) is 28.0. The molecule has 8 heteroatoms. The Morgan fingerprint density at radius 1 is 0.738 bits per heavy atom. The lowest BCUT2D eigenvalue weighted by molar-refractivity contribution is 0.112. The van der Waals surface area contributed by atoms with Gasteiger partial charge < -0.3 is 14.2 Å². The molecule has 210 valence electrons. The zero-order valence-electron chi connectivity index (χ0n) is 23.1. The molecule has 5 aromatic rings. The minimum absolute atomic E-state index is 0.384. The monoisotopic (exact) mass is 558 g/mol. The Morgan fingerprint density at radius 3 is 2.05 bits per heavy atom. The summed E-state index contributed by atoms with van der Waals surface area (Å²) in [4.78, 5) is 10.8. The van der Waals surface area contributed by atoms with Crippen molar-refractivity contribution in [3.05, 3.63) is 131 Å². The molecule has 0 amide bonds. The van der Waals surface area contributed by atoms with Crippen LogP contribution in [-0.2, 0) is 6.42 Å². The smallest absolute Gasteiger partial charge is 0.172 e. The number of hydrogen-bond acceptors (Lipinski definition) is 8. The Labute approximate surface area is 244 Å². The number of methoxy groups -OCH3 is 1. The zero-order chi connectivity index (χ0) is 29.0. The summed E-state index contributed by atoms with van der Waals surface area (Å²) >= 11 is 0. The summed E-state index contributed by atoms with van der Waals surface area (Å²) in [5.41, 5.74) is 8.32. The number of ether oxygens (including phenoxy) is 3. The molecular formula is C34H30N4O4. The topological polar surface area (TPSA) is 94.9 Å². The third-order valence-electron chi connectivity index (χ3n) is 6.42. The van der Waals surface area contributed by atoms with Crippen LogP contribution in [0.3, 0.4) is 0 Å². The molecular weight excluding hydrogens is 528 g/mol. The number of aldehydes is 1. The van der Waals surface area contributed by atoms with E-state index in [1.165, 1.54) is 0 Å². The van der Waals surface area contributed by atoms with E-state index in [0.29, 0.717) is 36.8 Å². The number of rotatable bonds is 13. The van der Waals surface area contributed by atoms with Crippen LogP contribution in [0.15, 0.2) is 114 Å². The number of carbonyl (C=O) groups excluding carboxylic acids is 1. The van der Waals surface area contributed by atoms with Crippen molar-refractivity contribution in [2.75, 3.05) is 25.7 Å². The van der Waals surface area contributed by atoms with Gasteiger partial charge in [0.25, 0.3) is 0 Å². The minimum Gasteiger partial charge on any atom is -0.496 e. The highest BCUT2D eigenvalue weighted by Gasteiger charge is 2.12. The van der Waals surface area contributed by atoms with Crippen LogP contribution < -0.4 is 19.6 Å².